The quantitative estimate of drug-likeness (QED) is 0.500. The lowest BCUT2D eigenvalue weighted by Crippen LogP contribution is -2.17. The van der Waals surface area contributed by atoms with Gasteiger partial charge in [-0.05, 0) is 11.6 Å². The summed E-state index contributed by atoms with van der Waals surface area (Å²) in [5.74, 6) is -6.82. The van der Waals surface area contributed by atoms with Crippen LogP contribution in [0.4, 0.5) is 13.2 Å². The number of carboxylic acids is 1. The fraction of sp³-hybridized carbons (Fsp3) is 0.118. The molecule has 0 atom stereocenters. The third-order valence-electron chi connectivity index (χ3n) is 3.30. The largest absolute Gasteiger partial charge is 0.475 e. The fourth-order valence-corrected chi connectivity index (χ4v) is 2.12. The van der Waals surface area contributed by atoms with Crippen LogP contribution in [0, 0.1) is 17.5 Å². The van der Waals surface area contributed by atoms with Crippen LogP contribution in [-0.4, -0.2) is 22.6 Å². The molecule has 0 bridgehead atoms. The Kier molecular flexibility index (Phi) is 5.13. The lowest BCUT2D eigenvalue weighted by molar-refractivity contribution is -0.148. The second-order valence-corrected chi connectivity index (χ2v) is 5.05. The average molecular weight is 336 g/mol. The minimum atomic E-state index is -1.71. The molecule has 1 N–H and O–H groups in total. The van der Waals surface area contributed by atoms with E-state index in [0.29, 0.717) is 17.7 Å². The third-order valence-corrected chi connectivity index (χ3v) is 3.30. The van der Waals surface area contributed by atoms with E-state index < -0.39 is 41.4 Å². The van der Waals surface area contributed by atoms with Gasteiger partial charge in [0.25, 0.3) is 0 Å². The summed E-state index contributed by atoms with van der Waals surface area (Å²) >= 11 is 0. The van der Waals surface area contributed by atoms with Gasteiger partial charge in [-0.15, -0.1) is 0 Å². The summed E-state index contributed by atoms with van der Waals surface area (Å²) in [7, 11) is 0. The maximum Gasteiger partial charge on any atom is 0.372 e. The zero-order valence-electron chi connectivity index (χ0n) is 12.2. The normalized spacial score (nSPS) is 10.5. The van der Waals surface area contributed by atoms with Crippen molar-refractivity contribution in [2.75, 3.05) is 0 Å². The minimum absolute atomic E-state index is 0.0463. The van der Waals surface area contributed by atoms with E-state index in [1.807, 2.05) is 0 Å². The van der Waals surface area contributed by atoms with Crippen molar-refractivity contribution < 1.29 is 32.7 Å². The van der Waals surface area contributed by atoms with Gasteiger partial charge in [-0.3, -0.25) is 9.59 Å². The van der Waals surface area contributed by atoms with Crippen LogP contribution < -0.4 is 0 Å². The molecule has 0 spiro atoms. The Morgan fingerprint density at radius 3 is 2.17 bits per heavy atom. The van der Waals surface area contributed by atoms with E-state index in [1.54, 1.807) is 0 Å². The number of ketones is 2. The third kappa shape index (κ3) is 4.07. The summed E-state index contributed by atoms with van der Waals surface area (Å²) < 4.78 is 40.2. The molecule has 0 fully saturated rings. The van der Waals surface area contributed by atoms with Gasteiger partial charge in [-0.1, -0.05) is 18.2 Å². The van der Waals surface area contributed by atoms with Gasteiger partial charge in [0.15, 0.2) is 5.78 Å². The molecule has 0 heterocycles. The maximum absolute atomic E-state index is 13.7. The molecule has 0 aliphatic heterocycles. The molecule has 4 nitrogen and oxygen atoms in total. The SMILES string of the molecule is O=C(O)C(=O)CC(=O)c1cccc(Cc2c(F)cc(F)cc2F)c1. The van der Waals surface area contributed by atoms with Crippen molar-refractivity contribution in [1.29, 1.82) is 0 Å². The van der Waals surface area contributed by atoms with Gasteiger partial charge >= 0.3 is 5.97 Å². The van der Waals surface area contributed by atoms with Crippen LogP contribution in [0.5, 0.6) is 0 Å². The first-order valence-electron chi connectivity index (χ1n) is 6.79. The van der Waals surface area contributed by atoms with Gasteiger partial charge in [-0.25, -0.2) is 18.0 Å². The highest BCUT2D eigenvalue weighted by molar-refractivity contribution is 6.37. The maximum atomic E-state index is 13.7. The van der Waals surface area contributed by atoms with Crippen LogP contribution in [0.25, 0.3) is 0 Å². The van der Waals surface area contributed by atoms with E-state index in [0.717, 1.165) is 0 Å². The lowest BCUT2D eigenvalue weighted by atomic mass is 9.99. The molecule has 2 aromatic rings. The van der Waals surface area contributed by atoms with E-state index in [9.17, 15) is 27.6 Å². The molecular formula is C17H11F3O4. The molecule has 0 unspecified atom stereocenters. The Labute approximate surface area is 134 Å². The van der Waals surface area contributed by atoms with Gasteiger partial charge in [0, 0.05) is 29.7 Å². The van der Waals surface area contributed by atoms with Crippen molar-refractivity contribution in [2.24, 2.45) is 0 Å². The molecule has 0 aromatic heterocycles. The molecule has 2 rings (SSSR count). The summed E-state index contributed by atoms with van der Waals surface area (Å²) in [5.41, 5.74) is 0.0423. The predicted octanol–water partition coefficient (Wildman–Crippen LogP) is 2.92. The van der Waals surface area contributed by atoms with Crippen molar-refractivity contribution in [3.63, 3.8) is 0 Å². The van der Waals surface area contributed by atoms with Crippen molar-refractivity contribution in [3.8, 4) is 0 Å². The monoisotopic (exact) mass is 336 g/mol. The van der Waals surface area contributed by atoms with Crippen molar-refractivity contribution >= 4 is 17.5 Å². The molecule has 0 aliphatic carbocycles. The first-order chi connectivity index (χ1) is 11.3. The first kappa shape index (κ1) is 17.4. The predicted molar refractivity (Wildman–Crippen MR) is 77.2 cm³/mol. The lowest BCUT2D eigenvalue weighted by Gasteiger charge is -2.07. The molecule has 0 saturated heterocycles. The van der Waals surface area contributed by atoms with Gasteiger partial charge in [0.1, 0.15) is 17.5 Å². The number of benzene rings is 2. The Morgan fingerprint density at radius 2 is 1.58 bits per heavy atom. The number of rotatable bonds is 6. The fourth-order valence-electron chi connectivity index (χ4n) is 2.12. The molecule has 0 saturated carbocycles. The van der Waals surface area contributed by atoms with E-state index >= 15 is 0 Å². The molecular weight excluding hydrogens is 325 g/mol. The summed E-state index contributed by atoms with van der Waals surface area (Å²) in [5, 5.41) is 8.49. The number of hydrogen-bond acceptors (Lipinski definition) is 3. The van der Waals surface area contributed by atoms with Gasteiger partial charge in [0.2, 0.25) is 5.78 Å². The minimum Gasteiger partial charge on any atom is -0.475 e. The van der Waals surface area contributed by atoms with Crippen LogP contribution in [0.15, 0.2) is 36.4 Å². The number of carbonyl (C=O) groups excluding carboxylic acids is 2. The van der Waals surface area contributed by atoms with E-state index in [4.69, 9.17) is 5.11 Å². The smallest absolute Gasteiger partial charge is 0.372 e. The molecule has 0 radical (unpaired) electrons. The van der Waals surface area contributed by atoms with Crippen LogP contribution in [0.1, 0.15) is 27.9 Å². The Bertz CT molecular complexity index is 807. The van der Waals surface area contributed by atoms with E-state index in [-0.39, 0.29) is 17.5 Å². The van der Waals surface area contributed by atoms with Crippen LogP contribution in [0.3, 0.4) is 0 Å². The number of halogens is 3. The highest BCUT2D eigenvalue weighted by Crippen LogP contribution is 2.19. The topological polar surface area (TPSA) is 71.4 Å². The molecule has 2 aromatic carbocycles. The van der Waals surface area contributed by atoms with Crippen LogP contribution in [-0.2, 0) is 16.0 Å². The number of carboxylic acid groups (broad SMARTS) is 1. The first-order valence-corrected chi connectivity index (χ1v) is 6.79. The number of carbonyl (C=O) groups is 3. The van der Waals surface area contributed by atoms with Gasteiger partial charge < -0.3 is 5.11 Å². The Hall–Kier alpha value is -2.96. The highest BCUT2D eigenvalue weighted by Gasteiger charge is 2.18. The van der Waals surface area contributed by atoms with Crippen molar-refractivity contribution in [1.82, 2.24) is 0 Å². The summed E-state index contributed by atoms with van der Waals surface area (Å²) in [6.45, 7) is 0. The van der Waals surface area contributed by atoms with Crippen molar-refractivity contribution in [3.05, 3.63) is 70.5 Å². The molecule has 0 amide bonds. The average Bonchev–Trinajstić information content (AvgIpc) is 2.51. The number of aliphatic carboxylic acids is 1. The van der Waals surface area contributed by atoms with Crippen molar-refractivity contribution in [2.45, 2.75) is 12.8 Å². The molecule has 7 heteroatoms. The van der Waals surface area contributed by atoms with Crippen LogP contribution in [0.2, 0.25) is 0 Å². The standard InChI is InChI=1S/C17H11F3O4/c18-11-6-13(19)12(14(20)7-11)5-9-2-1-3-10(4-9)15(21)8-16(22)17(23)24/h1-4,6-7H,5,8H2,(H,23,24). The zero-order chi connectivity index (χ0) is 17.9. The Balaban J connectivity index is 2.24. The highest BCUT2D eigenvalue weighted by atomic mass is 19.1. The zero-order valence-corrected chi connectivity index (χ0v) is 12.2. The molecule has 24 heavy (non-hydrogen) atoms. The summed E-state index contributed by atoms with van der Waals surface area (Å²) in [4.78, 5) is 33.4. The summed E-state index contributed by atoms with van der Waals surface area (Å²) in [6.07, 6.45) is -1.04. The summed E-state index contributed by atoms with van der Waals surface area (Å²) in [6, 6.07) is 6.71. The second kappa shape index (κ2) is 7.08. The van der Waals surface area contributed by atoms with Crippen LogP contribution >= 0.6 is 0 Å². The molecule has 0 aliphatic rings. The second-order valence-electron chi connectivity index (χ2n) is 5.05. The Morgan fingerprint density at radius 1 is 0.958 bits per heavy atom. The number of Topliss-reactive ketones (excluding diaryl/α,β-unsaturated/α-hetero) is 2. The van der Waals surface area contributed by atoms with E-state index in [2.05, 4.69) is 0 Å². The molecule has 124 valence electrons. The van der Waals surface area contributed by atoms with E-state index in [1.165, 1.54) is 24.3 Å². The number of hydrogen-bond donors (Lipinski definition) is 1. The van der Waals surface area contributed by atoms with Gasteiger partial charge in [-0.2, -0.15) is 0 Å². The van der Waals surface area contributed by atoms with Gasteiger partial charge in [0.05, 0.1) is 6.42 Å².